The summed E-state index contributed by atoms with van der Waals surface area (Å²) in [6, 6.07) is 5.30. The maximum atomic E-state index is 10.9. The zero-order chi connectivity index (χ0) is 11.4. The van der Waals surface area contributed by atoms with E-state index < -0.39 is 12.1 Å². The van der Waals surface area contributed by atoms with Gasteiger partial charge in [-0.2, -0.15) is 0 Å². The fraction of sp³-hybridized carbons (Fsp3) is 0.364. The van der Waals surface area contributed by atoms with Crippen LogP contribution in [0.5, 0.6) is 0 Å². The maximum Gasteiger partial charge on any atom is 0.308 e. The first-order chi connectivity index (χ1) is 7.04. The summed E-state index contributed by atoms with van der Waals surface area (Å²) in [5, 5.41) is 10.2. The topological polar surface area (TPSA) is 46.5 Å². The highest BCUT2D eigenvalue weighted by Gasteiger charge is 2.15. The third kappa shape index (κ3) is 3.22. The Morgan fingerprint density at radius 2 is 2.27 bits per heavy atom. The average Bonchev–Trinajstić information content (AvgIpc) is 2.17. The monoisotopic (exact) mass is 228 g/mol. The van der Waals surface area contributed by atoms with Crippen LogP contribution in [0.4, 0.5) is 0 Å². The van der Waals surface area contributed by atoms with Crippen LogP contribution in [-0.4, -0.2) is 18.2 Å². The van der Waals surface area contributed by atoms with E-state index in [1.165, 1.54) is 7.11 Å². The number of halogens is 1. The van der Waals surface area contributed by atoms with Gasteiger partial charge in [0.15, 0.2) is 0 Å². The Labute approximate surface area is 93.6 Å². The molecule has 1 aromatic rings. The number of aryl methyl sites for hydroxylation is 1. The van der Waals surface area contributed by atoms with Crippen molar-refractivity contribution in [1.82, 2.24) is 0 Å². The second-order valence-corrected chi connectivity index (χ2v) is 3.73. The molecule has 0 saturated carbocycles. The highest BCUT2D eigenvalue weighted by atomic mass is 35.5. The van der Waals surface area contributed by atoms with Crippen LogP contribution in [0.2, 0.25) is 5.02 Å². The number of benzene rings is 1. The molecule has 0 saturated heterocycles. The molecular formula is C11H13ClO3. The molecule has 1 aromatic carbocycles. The van der Waals surface area contributed by atoms with Gasteiger partial charge in [-0.1, -0.05) is 23.7 Å². The van der Waals surface area contributed by atoms with E-state index in [1.54, 1.807) is 12.1 Å². The first kappa shape index (κ1) is 12.0. The highest BCUT2D eigenvalue weighted by Crippen LogP contribution is 2.26. The standard InChI is InChI=1S/C11H13ClO3/c1-7-3-4-8(9(12)5-7)10(13)6-11(14)15-2/h3-5,10,13H,6H2,1-2H3/t10-/m1/s1. The molecule has 0 radical (unpaired) electrons. The predicted octanol–water partition coefficient (Wildman–Crippen LogP) is 2.24. The molecule has 15 heavy (non-hydrogen) atoms. The normalized spacial score (nSPS) is 12.3. The first-order valence-electron chi connectivity index (χ1n) is 4.55. The van der Waals surface area contributed by atoms with Gasteiger partial charge in [-0.15, -0.1) is 0 Å². The van der Waals surface area contributed by atoms with Gasteiger partial charge in [-0.3, -0.25) is 4.79 Å². The van der Waals surface area contributed by atoms with Gasteiger partial charge in [0.1, 0.15) is 0 Å². The summed E-state index contributed by atoms with van der Waals surface area (Å²) in [6.07, 6.45) is -0.996. The Morgan fingerprint density at radius 1 is 1.60 bits per heavy atom. The van der Waals surface area contributed by atoms with Gasteiger partial charge in [0.05, 0.1) is 19.6 Å². The summed E-state index contributed by atoms with van der Waals surface area (Å²) in [7, 11) is 1.28. The summed E-state index contributed by atoms with van der Waals surface area (Å²) in [5.41, 5.74) is 1.56. The second-order valence-electron chi connectivity index (χ2n) is 3.32. The minimum atomic E-state index is -0.912. The predicted molar refractivity (Wildman–Crippen MR) is 57.8 cm³/mol. The fourth-order valence-electron chi connectivity index (χ4n) is 1.25. The number of hydrogen-bond donors (Lipinski definition) is 1. The average molecular weight is 229 g/mol. The van der Waals surface area contributed by atoms with Crippen LogP contribution in [-0.2, 0) is 9.53 Å². The van der Waals surface area contributed by atoms with Crippen molar-refractivity contribution in [2.45, 2.75) is 19.4 Å². The molecule has 0 aliphatic rings. The lowest BCUT2D eigenvalue weighted by Crippen LogP contribution is -2.08. The van der Waals surface area contributed by atoms with E-state index in [0.29, 0.717) is 10.6 Å². The fourth-order valence-corrected chi connectivity index (χ4v) is 1.61. The minimum absolute atomic E-state index is 0.0840. The number of carbonyl (C=O) groups is 1. The van der Waals surface area contributed by atoms with Crippen LogP contribution in [0.15, 0.2) is 18.2 Å². The smallest absolute Gasteiger partial charge is 0.308 e. The quantitative estimate of drug-likeness (QED) is 0.808. The van der Waals surface area contributed by atoms with E-state index in [0.717, 1.165) is 5.56 Å². The maximum absolute atomic E-state index is 10.9. The molecular weight excluding hydrogens is 216 g/mol. The molecule has 1 rings (SSSR count). The third-order valence-corrected chi connectivity index (χ3v) is 2.43. The first-order valence-corrected chi connectivity index (χ1v) is 4.93. The Balaban J connectivity index is 2.82. The van der Waals surface area contributed by atoms with Crippen LogP contribution in [0.3, 0.4) is 0 Å². The van der Waals surface area contributed by atoms with Crippen LogP contribution < -0.4 is 0 Å². The number of hydrogen-bond acceptors (Lipinski definition) is 3. The molecule has 3 nitrogen and oxygen atoms in total. The van der Waals surface area contributed by atoms with Crippen LogP contribution in [0.1, 0.15) is 23.7 Å². The van der Waals surface area contributed by atoms with Crippen molar-refractivity contribution in [1.29, 1.82) is 0 Å². The van der Waals surface area contributed by atoms with E-state index in [-0.39, 0.29) is 6.42 Å². The van der Waals surface area contributed by atoms with Gasteiger partial charge in [0.25, 0.3) is 0 Å². The molecule has 0 aromatic heterocycles. The van der Waals surface area contributed by atoms with E-state index >= 15 is 0 Å². The van der Waals surface area contributed by atoms with Crippen molar-refractivity contribution in [2.75, 3.05) is 7.11 Å². The zero-order valence-corrected chi connectivity index (χ0v) is 9.41. The van der Waals surface area contributed by atoms with Gasteiger partial charge in [-0.25, -0.2) is 0 Å². The molecule has 0 heterocycles. The van der Waals surface area contributed by atoms with E-state index in [2.05, 4.69) is 4.74 Å². The molecule has 0 amide bonds. The van der Waals surface area contributed by atoms with Crippen LogP contribution in [0.25, 0.3) is 0 Å². The van der Waals surface area contributed by atoms with Gasteiger partial charge in [0, 0.05) is 5.02 Å². The van der Waals surface area contributed by atoms with Gasteiger partial charge in [-0.05, 0) is 24.1 Å². The number of rotatable bonds is 3. The second kappa shape index (κ2) is 5.14. The summed E-state index contributed by atoms with van der Waals surface area (Å²) in [5.74, 6) is -0.459. The number of ether oxygens (including phenoxy) is 1. The number of carbonyl (C=O) groups excluding carboxylic acids is 1. The minimum Gasteiger partial charge on any atom is -0.469 e. The lowest BCUT2D eigenvalue weighted by molar-refractivity contribution is -0.142. The van der Waals surface area contributed by atoms with Gasteiger partial charge < -0.3 is 9.84 Å². The van der Waals surface area contributed by atoms with Crippen molar-refractivity contribution < 1.29 is 14.6 Å². The summed E-state index contributed by atoms with van der Waals surface area (Å²) >= 11 is 5.94. The van der Waals surface area contributed by atoms with E-state index in [4.69, 9.17) is 11.6 Å². The SMILES string of the molecule is COC(=O)C[C@@H](O)c1ccc(C)cc1Cl. The molecule has 0 fully saturated rings. The molecule has 0 bridgehead atoms. The molecule has 1 N–H and O–H groups in total. The lowest BCUT2D eigenvalue weighted by atomic mass is 10.1. The molecule has 1 atom stereocenters. The van der Waals surface area contributed by atoms with Gasteiger partial charge in [0.2, 0.25) is 0 Å². The molecule has 0 aliphatic carbocycles. The zero-order valence-electron chi connectivity index (χ0n) is 8.66. The van der Waals surface area contributed by atoms with Crippen LogP contribution >= 0.6 is 11.6 Å². The summed E-state index contributed by atoms with van der Waals surface area (Å²) in [4.78, 5) is 10.9. The number of aliphatic hydroxyl groups is 1. The van der Waals surface area contributed by atoms with E-state index in [1.807, 2.05) is 13.0 Å². The number of methoxy groups -OCH3 is 1. The third-order valence-electron chi connectivity index (χ3n) is 2.10. The summed E-state index contributed by atoms with van der Waals surface area (Å²) in [6.45, 7) is 1.91. The molecule has 4 heteroatoms. The number of esters is 1. The molecule has 82 valence electrons. The van der Waals surface area contributed by atoms with Gasteiger partial charge >= 0.3 is 5.97 Å². The van der Waals surface area contributed by atoms with Crippen molar-refractivity contribution in [3.63, 3.8) is 0 Å². The van der Waals surface area contributed by atoms with Crippen molar-refractivity contribution in [3.8, 4) is 0 Å². The molecule has 0 unspecified atom stereocenters. The van der Waals surface area contributed by atoms with Crippen LogP contribution in [0, 0.1) is 6.92 Å². The highest BCUT2D eigenvalue weighted by molar-refractivity contribution is 6.31. The number of aliphatic hydroxyl groups excluding tert-OH is 1. The largest absolute Gasteiger partial charge is 0.469 e. The van der Waals surface area contributed by atoms with Crippen molar-refractivity contribution in [2.24, 2.45) is 0 Å². The Bertz CT molecular complexity index is 363. The van der Waals surface area contributed by atoms with E-state index in [9.17, 15) is 9.90 Å². The Morgan fingerprint density at radius 3 is 2.80 bits per heavy atom. The Hall–Kier alpha value is -1.06. The van der Waals surface area contributed by atoms with Crippen molar-refractivity contribution in [3.05, 3.63) is 34.3 Å². The Kier molecular flexibility index (Phi) is 4.12. The van der Waals surface area contributed by atoms with Crippen molar-refractivity contribution >= 4 is 17.6 Å². The molecule has 0 spiro atoms. The lowest BCUT2D eigenvalue weighted by Gasteiger charge is -2.11. The summed E-state index contributed by atoms with van der Waals surface area (Å²) < 4.78 is 4.46. The molecule has 0 aliphatic heterocycles.